The van der Waals surface area contributed by atoms with E-state index in [0.29, 0.717) is 5.56 Å². The van der Waals surface area contributed by atoms with Gasteiger partial charge in [0.05, 0.1) is 23.3 Å². The molecule has 18 heteroatoms. The van der Waals surface area contributed by atoms with Crippen molar-refractivity contribution in [1.82, 2.24) is 0 Å². The number of fused-ring (bicyclic) bond motifs is 1. The number of methoxy groups -OCH3 is 1. The van der Waals surface area contributed by atoms with Gasteiger partial charge in [0.15, 0.2) is 37.2 Å². The number of hydrogen-bond acceptors (Lipinski definition) is 15. The minimum atomic E-state index is -1.76. The zero-order valence-electron chi connectivity index (χ0n) is 32.5. The Hall–Kier alpha value is -5.88. The van der Waals surface area contributed by atoms with Gasteiger partial charge in [0.1, 0.15) is 42.9 Å². The van der Waals surface area contributed by atoms with E-state index in [4.69, 9.17) is 59.0 Å². The van der Waals surface area contributed by atoms with Gasteiger partial charge in [0, 0.05) is 17.6 Å². The number of azide groups is 1. The van der Waals surface area contributed by atoms with Crippen LogP contribution in [0.3, 0.4) is 0 Å². The molecule has 0 aliphatic carbocycles. The number of benzene rings is 4. The second-order valence-electron chi connectivity index (χ2n) is 13.8. The normalized spacial score (nSPS) is 28.2. The van der Waals surface area contributed by atoms with Crippen molar-refractivity contribution in [2.45, 2.75) is 67.6 Å². The predicted octanol–water partition coefficient (Wildman–Crippen LogP) is 5.72. The van der Waals surface area contributed by atoms with E-state index < -0.39 is 104 Å². The van der Waals surface area contributed by atoms with Gasteiger partial charge < -0.3 is 47.4 Å². The summed E-state index contributed by atoms with van der Waals surface area (Å²) in [4.78, 5) is 57.4. The van der Waals surface area contributed by atoms with Crippen molar-refractivity contribution in [2.24, 2.45) is 5.11 Å². The summed E-state index contributed by atoms with van der Waals surface area (Å²) in [6, 6.07) is 31.5. The van der Waals surface area contributed by atoms with Crippen LogP contribution in [0.5, 0.6) is 0 Å². The zero-order valence-corrected chi connectivity index (χ0v) is 33.2. The quantitative estimate of drug-likeness (QED) is 0.0371. The van der Waals surface area contributed by atoms with Crippen LogP contribution in [-0.4, -0.2) is 111 Å². The first kappa shape index (κ1) is 43.2. The molecule has 0 N–H and O–H groups in total. The van der Waals surface area contributed by atoms with E-state index in [1.54, 1.807) is 78.9 Å². The van der Waals surface area contributed by atoms with Crippen molar-refractivity contribution in [1.29, 1.82) is 0 Å². The monoisotopic (exact) mass is 857 g/mol. The molecule has 11 atom stereocenters. The molecule has 0 radical (unpaired) electrons. The highest BCUT2D eigenvalue weighted by Crippen LogP contribution is 2.40. The molecule has 0 saturated carbocycles. The van der Waals surface area contributed by atoms with Crippen molar-refractivity contribution >= 4 is 35.5 Å². The van der Waals surface area contributed by atoms with Crippen molar-refractivity contribution in [3.63, 3.8) is 0 Å². The Morgan fingerprint density at radius 2 is 1.21 bits per heavy atom. The minimum absolute atomic E-state index is 0.0172. The molecule has 17 nitrogen and oxygen atoms in total. The summed E-state index contributed by atoms with van der Waals surface area (Å²) in [6.07, 6.45) is -13.7. The summed E-state index contributed by atoms with van der Waals surface area (Å²) < 4.78 is 61.2. The summed E-state index contributed by atoms with van der Waals surface area (Å²) in [6.45, 7) is -0.631. The highest BCUT2D eigenvalue weighted by molar-refractivity contribution is 6.26. The van der Waals surface area contributed by atoms with E-state index in [0.717, 1.165) is 0 Å². The number of carbonyl (C=O) groups excluding carboxylic acids is 4. The fourth-order valence-corrected chi connectivity index (χ4v) is 7.14. The molecule has 3 aliphatic rings. The van der Waals surface area contributed by atoms with Crippen LogP contribution in [0.4, 0.5) is 0 Å². The lowest BCUT2D eigenvalue weighted by atomic mass is 9.94. The van der Waals surface area contributed by atoms with E-state index in [-0.39, 0.29) is 23.3 Å². The Balaban J connectivity index is 1.33. The van der Waals surface area contributed by atoms with Crippen LogP contribution < -0.4 is 0 Å². The van der Waals surface area contributed by atoms with Crippen molar-refractivity contribution in [3.8, 4) is 0 Å². The molecule has 0 spiro atoms. The van der Waals surface area contributed by atoms with Gasteiger partial charge in [0.2, 0.25) is 0 Å². The first-order valence-electron chi connectivity index (χ1n) is 19.1. The molecule has 3 fully saturated rings. The molecule has 3 heterocycles. The maximum atomic E-state index is 14.0. The van der Waals surface area contributed by atoms with Crippen LogP contribution in [0.15, 0.2) is 126 Å². The van der Waals surface area contributed by atoms with E-state index >= 15 is 0 Å². The number of nitrogens with zero attached hydrogens (tertiary/aromatic N) is 3. The molecule has 7 rings (SSSR count). The van der Waals surface area contributed by atoms with Crippen molar-refractivity contribution < 1.29 is 66.5 Å². The molecular weight excluding hydrogens is 818 g/mol. The Labute approximate surface area is 354 Å². The van der Waals surface area contributed by atoms with Gasteiger partial charge in [0.25, 0.3) is 0 Å². The number of rotatable bonds is 14. The summed E-state index contributed by atoms with van der Waals surface area (Å²) in [5.74, 6) is -4.07. The molecule has 4 aromatic carbocycles. The van der Waals surface area contributed by atoms with Crippen molar-refractivity contribution in [2.75, 3.05) is 26.2 Å². The average Bonchev–Trinajstić information content (AvgIpc) is 3.31. The molecule has 3 saturated heterocycles. The first-order valence-corrected chi connectivity index (χ1v) is 19.7. The fourth-order valence-electron chi connectivity index (χ4n) is 7.06. The molecular formula is C43H40ClN3O14. The molecule has 4 aromatic rings. The van der Waals surface area contributed by atoms with Gasteiger partial charge in [-0.3, -0.25) is 4.79 Å². The topological polar surface area (TPSA) is 209 Å². The lowest BCUT2D eigenvalue weighted by molar-refractivity contribution is -0.373. The van der Waals surface area contributed by atoms with Crippen LogP contribution in [0.1, 0.15) is 42.9 Å². The van der Waals surface area contributed by atoms with Crippen LogP contribution in [-0.2, 0) is 52.2 Å². The van der Waals surface area contributed by atoms with Crippen molar-refractivity contribution in [3.05, 3.63) is 154 Å². The SMILES string of the molecule is CO[C@H]1O[C@@H]2CO[C@H](c3ccccc3)O[C@@H]2[C@H](O[C@@H]2O[C@H](COC(=O)CCl)[C@@H](OC(=O)c3ccccc3)[C@H](OC(=O)c3ccccc3)[C@H]2OC(=O)c2ccccc2)[C@H]1N=[N+]=[N-]. The summed E-state index contributed by atoms with van der Waals surface area (Å²) in [5.41, 5.74) is 10.8. The standard InChI is InChI=1S/C43H40ClN3O14/c1-52-42-32(46-47-45)35(33-30(55-42)24-54-41(60-33)28-20-12-5-13-21-28)61-43-37(59-40(51)27-18-10-4-11-19-27)36(58-39(50)26-16-8-3-9-17-26)34(29(56-43)23-53-31(48)22-44)57-38(49)25-14-6-2-7-15-25/h2-21,29-30,32-37,41-43H,22-24H2,1H3/t29-,30-,32-,33+,34-,35-,36+,37-,41+,42+,43+/m1/s1. The number of esters is 4. The summed E-state index contributed by atoms with van der Waals surface area (Å²) in [7, 11) is 1.34. The maximum Gasteiger partial charge on any atom is 0.338 e. The minimum Gasteiger partial charge on any atom is -0.462 e. The Bertz CT molecular complexity index is 2150. The molecule has 0 unspecified atom stereocenters. The largest absolute Gasteiger partial charge is 0.462 e. The number of carbonyl (C=O) groups is 4. The Kier molecular flexibility index (Phi) is 14.6. The van der Waals surface area contributed by atoms with Gasteiger partial charge >= 0.3 is 23.9 Å². The third kappa shape index (κ3) is 10.4. The van der Waals surface area contributed by atoms with Crippen LogP contribution in [0.25, 0.3) is 10.4 Å². The maximum absolute atomic E-state index is 14.0. The second kappa shape index (κ2) is 20.6. The fraction of sp³-hybridized carbons (Fsp3) is 0.349. The summed E-state index contributed by atoms with van der Waals surface area (Å²) >= 11 is 5.79. The van der Waals surface area contributed by atoms with Crippen LogP contribution in [0.2, 0.25) is 0 Å². The molecule has 0 bridgehead atoms. The van der Waals surface area contributed by atoms with Crippen LogP contribution >= 0.6 is 11.6 Å². The third-order valence-corrected chi connectivity index (χ3v) is 10.2. The smallest absolute Gasteiger partial charge is 0.338 e. The van der Waals surface area contributed by atoms with E-state index in [2.05, 4.69) is 10.0 Å². The number of ether oxygens (including phenoxy) is 10. The lowest BCUT2D eigenvalue weighted by Crippen LogP contribution is -2.67. The highest BCUT2D eigenvalue weighted by Gasteiger charge is 2.57. The van der Waals surface area contributed by atoms with Gasteiger partial charge in [-0.2, -0.15) is 0 Å². The molecule has 3 aliphatic heterocycles. The van der Waals surface area contributed by atoms with E-state index in [1.807, 2.05) is 6.07 Å². The highest BCUT2D eigenvalue weighted by atomic mass is 35.5. The van der Waals surface area contributed by atoms with E-state index in [9.17, 15) is 24.7 Å². The van der Waals surface area contributed by atoms with E-state index in [1.165, 1.54) is 43.5 Å². The summed E-state index contributed by atoms with van der Waals surface area (Å²) in [5, 5.41) is 3.97. The van der Waals surface area contributed by atoms with Gasteiger partial charge in [-0.15, -0.1) is 11.6 Å². The predicted molar refractivity (Wildman–Crippen MR) is 211 cm³/mol. The van der Waals surface area contributed by atoms with Gasteiger partial charge in [-0.05, 0) is 41.9 Å². The molecule has 0 aromatic heterocycles. The molecule has 318 valence electrons. The average molecular weight is 858 g/mol. The van der Waals surface area contributed by atoms with Crippen LogP contribution in [0, 0.1) is 0 Å². The number of alkyl halides is 1. The molecule has 61 heavy (non-hydrogen) atoms. The zero-order chi connectivity index (χ0) is 42.7. The Morgan fingerprint density at radius 1 is 0.689 bits per heavy atom. The number of halogens is 1. The molecule has 0 amide bonds. The Morgan fingerprint density at radius 3 is 1.74 bits per heavy atom. The number of hydrogen-bond donors (Lipinski definition) is 0. The lowest BCUT2D eigenvalue weighted by Gasteiger charge is -2.50. The van der Waals surface area contributed by atoms with Gasteiger partial charge in [-0.25, -0.2) is 14.4 Å². The first-order chi connectivity index (χ1) is 29.8. The third-order valence-electron chi connectivity index (χ3n) is 9.95. The van der Waals surface area contributed by atoms with Gasteiger partial charge in [-0.1, -0.05) is 90.0 Å². The second-order valence-corrected chi connectivity index (χ2v) is 14.1.